The van der Waals surface area contributed by atoms with Gasteiger partial charge in [0, 0.05) is 23.5 Å². The summed E-state index contributed by atoms with van der Waals surface area (Å²) >= 11 is 0. The van der Waals surface area contributed by atoms with Crippen molar-refractivity contribution in [2.75, 3.05) is 5.32 Å². The van der Waals surface area contributed by atoms with Crippen LogP contribution in [0.1, 0.15) is 48.7 Å². The molecule has 0 spiro atoms. The van der Waals surface area contributed by atoms with Crippen LogP contribution in [0.25, 0.3) is 0 Å². The van der Waals surface area contributed by atoms with E-state index in [1.807, 2.05) is 24.3 Å². The second kappa shape index (κ2) is 6.23. The largest absolute Gasteiger partial charge is 0.374 e. The van der Waals surface area contributed by atoms with E-state index in [0.717, 1.165) is 35.4 Å². The summed E-state index contributed by atoms with van der Waals surface area (Å²) in [7, 11) is 0. The van der Waals surface area contributed by atoms with Crippen molar-refractivity contribution in [2.45, 2.75) is 32.7 Å². The van der Waals surface area contributed by atoms with Crippen molar-refractivity contribution in [1.29, 1.82) is 0 Å². The summed E-state index contributed by atoms with van der Waals surface area (Å²) in [6, 6.07) is 13.8. The third kappa shape index (κ3) is 3.18. The van der Waals surface area contributed by atoms with Gasteiger partial charge in [-0.25, -0.2) is 0 Å². The minimum atomic E-state index is -0.379. The van der Waals surface area contributed by atoms with Gasteiger partial charge in [0.15, 0.2) is 0 Å². The predicted octanol–water partition coefficient (Wildman–Crippen LogP) is 4.57. The first kappa shape index (κ1) is 17.3. The summed E-state index contributed by atoms with van der Waals surface area (Å²) < 4.78 is 0. The number of nitro groups is 1. The molecular formula is C21H21N3O3. The molecule has 1 aliphatic heterocycles. The zero-order valence-corrected chi connectivity index (χ0v) is 15.3. The number of hydrogen-bond donors (Lipinski definition) is 2. The lowest BCUT2D eigenvalue weighted by molar-refractivity contribution is -0.384. The van der Waals surface area contributed by atoms with Crippen LogP contribution in [0, 0.1) is 15.5 Å². The Morgan fingerprint density at radius 1 is 1.11 bits per heavy atom. The van der Waals surface area contributed by atoms with Crippen LogP contribution in [0.4, 0.5) is 11.4 Å². The van der Waals surface area contributed by atoms with Gasteiger partial charge >= 0.3 is 0 Å². The molecule has 1 atom stereocenters. The number of nitrogens with one attached hydrogen (secondary N) is 2. The van der Waals surface area contributed by atoms with Gasteiger partial charge in [-0.05, 0) is 41.5 Å². The molecule has 6 nitrogen and oxygen atoms in total. The van der Waals surface area contributed by atoms with Crippen molar-refractivity contribution in [1.82, 2.24) is 5.32 Å². The number of carbonyl (C=O) groups is 1. The first-order valence-corrected chi connectivity index (χ1v) is 8.97. The van der Waals surface area contributed by atoms with E-state index in [2.05, 4.69) is 24.5 Å². The molecule has 0 saturated heterocycles. The Labute approximate surface area is 157 Å². The summed E-state index contributed by atoms with van der Waals surface area (Å²) in [4.78, 5) is 23.6. The molecule has 2 aliphatic rings. The minimum absolute atomic E-state index is 0.0229. The van der Waals surface area contributed by atoms with Gasteiger partial charge in [-0.2, -0.15) is 0 Å². The number of non-ortho nitro benzene ring substituents is 1. The van der Waals surface area contributed by atoms with Gasteiger partial charge in [-0.15, -0.1) is 0 Å². The van der Waals surface area contributed by atoms with Gasteiger partial charge in [0.1, 0.15) is 0 Å². The average molecular weight is 363 g/mol. The van der Waals surface area contributed by atoms with Crippen molar-refractivity contribution < 1.29 is 9.72 Å². The average Bonchev–Trinajstić information content (AvgIpc) is 2.92. The second-order valence-corrected chi connectivity index (χ2v) is 7.95. The quantitative estimate of drug-likeness (QED) is 0.605. The van der Waals surface area contributed by atoms with E-state index in [-0.39, 0.29) is 28.0 Å². The predicted molar refractivity (Wildman–Crippen MR) is 103 cm³/mol. The molecule has 0 saturated carbocycles. The minimum Gasteiger partial charge on any atom is -0.374 e. The summed E-state index contributed by atoms with van der Waals surface area (Å²) in [6.45, 7) is 4.34. The zero-order valence-electron chi connectivity index (χ0n) is 15.3. The topological polar surface area (TPSA) is 84.3 Å². The smallest absolute Gasteiger partial charge is 0.269 e. The maximum atomic E-state index is 12.7. The molecule has 138 valence electrons. The van der Waals surface area contributed by atoms with E-state index in [1.165, 1.54) is 6.07 Å². The number of para-hydroxylation sites is 1. The number of nitrogens with zero attached hydrogens (tertiary/aromatic N) is 1. The van der Waals surface area contributed by atoms with Gasteiger partial charge in [-0.1, -0.05) is 38.1 Å². The lowest BCUT2D eigenvalue weighted by Crippen LogP contribution is -2.29. The molecule has 0 fully saturated rings. The fourth-order valence-corrected chi connectivity index (χ4v) is 4.03. The number of benzene rings is 2. The first-order valence-electron chi connectivity index (χ1n) is 8.97. The van der Waals surface area contributed by atoms with E-state index in [0.29, 0.717) is 5.56 Å². The highest BCUT2D eigenvalue weighted by Gasteiger charge is 2.37. The Morgan fingerprint density at radius 2 is 1.89 bits per heavy atom. The molecule has 2 N–H and O–H groups in total. The molecule has 1 heterocycles. The number of rotatable bonds is 2. The highest BCUT2D eigenvalue weighted by atomic mass is 16.6. The van der Waals surface area contributed by atoms with Crippen LogP contribution in [-0.4, -0.2) is 10.8 Å². The van der Waals surface area contributed by atoms with E-state index >= 15 is 0 Å². The third-order valence-electron chi connectivity index (χ3n) is 5.21. The number of hydrogen-bond acceptors (Lipinski definition) is 4. The Kier molecular flexibility index (Phi) is 3.98. The first-order chi connectivity index (χ1) is 12.8. The number of fused-ring (bicyclic) bond motifs is 1. The maximum Gasteiger partial charge on any atom is 0.269 e. The second-order valence-electron chi connectivity index (χ2n) is 7.95. The van der Waals surface area contributed by atoms with Crippen LogP contribution in [0.5, 0.6) is 0 Å². The van der Waals surface area contributed by atoms with Crippen molar-refractivity contribution in [3.63, 3.8) is 0 Å². The Hall–Kier alpha value is -3.15. The van der Waals surface area contributed by atoms with Crippen LogP contribution in [0.15, 0.2) is 59.8 Å². The standard InChI is InChI=1S/C21H21N3O3/c1-21(2)11-16-18(12-21)23-20(25)15-8-3-4-9-17(15)22-19(16)13-6-5-7-14(10-13)24(26)27/h3-10,19,22H,11-12H2,1-2H3,(H,23,25). The van der Waals surface area contributed by atoms with Crippen LogP contribution >= 0.6 is 0 Å². The van der Waals surface area contributed by atoms with E-state index in [1.54, 1.807) is 18.2 Å². The highest BCUT2D eigenvalue weighted by molar-refractivity contribution is 6.01. The number of anilines is 1. The van der Waals surface area contributed by atoms with Crippen LogP contribution < -0.4 is 10.6 Å². The number of nitro benzene ring substituents is 1. The van der Waals surface area contributed by atoms with Crippen LogP contribution in [0.3, 0.4) is 0 Å². The molecule has 27 heavy (non-hydrogen) atoms. The Balaban J connectivity index is 1.86. The number of amides is 1. The molecular weight excluding hydrogens is 342 g/mol. The molecule has 4 rings (SSSR count). The fraction of sp³-hybridized carbons (Fsp3) is 0.286. The molecule has 1 unspecified atom stereocenters. The summed E-state index contributed by atoms with van der Waals surface area (Å²) in [6.07, 6.45) is 1.58. The van der Waals surface area contributed by atoms with Gasteiger partial charge in [0.25, 0.3) is 11.6 Å². The van der Waals surface area contributed by atoms with Crippen molar-refractivity contribution in [2.24, 2.45) is 5.41 Å². The fourth-order valence-electron chi connectivity index (χ4n) is 4.03. The Morgan fingerprint density at radius 3 is 2.67 bits per heavy atom. The highest BCUT2D eigenvalue weighted by Crippen LogP contribution is 2.47. The number of carbonyl (C=O) groups excluding carboxylic acids is 1. The van der Waals surface area contributed by atoms with Gasteiger partial charge in [-0.3, -0.25) is 14.9 Å². The summed E-state index contributed by atoms with van der Waals surface area (Å²) in [5.41, 5.74) is 4.21. The lowest BCUT2D eigenvalue weighted by Gasteiger charge is -2.27. The summed E-state index contributed by atoms with van der Waals surface area (Å²) in [5, 5.41) is 17.8. The van der Waals surface area contributed by atoms with Crippen molar-refractivity contribution in [3.05, 3.63) is 81.0 Å². The van der Waals surface area contributed by atoms with Gasteiger partial charge in [0.2, 0.25) is 0 Å². The molecule has 0 aromatic heterocycles. The third-order valence-corrected chi connectivity index (χ3v) is 5.21. The SMILES string of the molecule is CC1(C)CC2=C(C1)C(c1cccc([N+](=O)[O-])c1)Nc1ccccc1C(=O)N2. The summed E-state index contributed by atoms with van der Waals surface area (Å²) in [5.74, 6) is -0.124. The molecule has 2 aromatic carbocycles. The van der Waals surface area contributed by atoms with E-state index < -0.39 is 0 Å². The van der Waals surface area contributed by atoms with Crippen LogP contribution in [-0.2, 0) is 0 Å². The number of allylic oxidation sites excluding steroid dienone is 1. The van der Waals surface area contributed by atoms with Crippen molar-refractivity contribution in [3.8, 4) is 0 Å². The molecule has 0 bridgehead atoms. The lowest BCUT2D eigenvalue weighted by atomic mass is 9.87. The van der Waals surface area contributed by atoms with E-state index in [4.69, 9.17) is 0 Å². The van der Waals surface area contributed by atoms with Crippen molar-refractivity contribution >= 4 is 17.3 Å². The zero-order chi connectivity index (χ0) is 19.2. The molecule has 6 heteroatoms. The molecule has 0 radical (unpaired) electrons. The monoisotopic (exact) mass is 363 g/mol. The maximum absolute atomic E-state index is 12.7. The van der Waals surface area contributed by atoms with E-state index in [9.17, 15) is 14.9 Å². The van der Waals surface area contributed by atoms with Gasteiger partial charge in [0.05, 0.1) is 16.5 Å². The van der Waals surface area contributed by atoms with Gasteiger partial charge < -0.3 is 10.6 Å². The molecule has 1 aliphatic carbocycles. The van der Waals surface area contributed by atoms with Crippen LogP contribution in [0.2, 0.25) is 0 Å². The molecule has 2 aromatic rings. The molecule has 1 amide bonds. The normalized spacial score (nSPS) is 20.7. The Bertz CT molecular complexity index is 978.